The summed E-state index contributed by atoms with van der Waals surface area (Å²) in [5.41, 5.74) is 0.242. The van der Waals surface area contributed by atoms with Crippen LogP contribution < -0.4 is 5.32 Å². The van der Waals surface area contributed by atoms with E-state index >= 15 is 0 Å². The molecule has 1 heterocycles. The number of methoxy groups -OCH3 is 1. The van der Waals surface area contributed by atoms with Gasteiger partial charge >= 0.3 is 0 Å². The summed E-state index contributed by atoms with van der Waals surface area (Å²) >= 11 is 0. The van der Waals surface area contributed by atoms with E-state index in [9.17, 15) is 4.79 Å². The number of amides is 1. The van der Waals surface area contributed by atoms with Crippen molar-refractivity contribution >= 4 is 5.91 Å². The van der Waals surface area contributed by atoms with E-state index < -0.39 is 0 Å². The van der Waals surface area contributed by atoms with Crippen LogP contribution in [0.2, 0.25) is 0 Å². The molecule has 2 aliphatic rings. The number of nitrogens with one attached hydrogen (secondary N) is 1. The highest BCUT2D eigenvalue weighted by Gasteiger charge is 2.46. The number of ether oxygens (including phenoxy) is 1. The standard InChI is InChI=1S/C11H19NO2/c1-8-11(7-10(13)12-8)5-3-9(14-2)4-6-11/h8-9H,3-7H2,1-2H3,(H,12,13). The molecular weight excluding hydrogens is 178 g/mol. The summed E-state index contributed by atoms with van der Waals surface area (Å²) in [6, 6.07) is 0.354. The quantitative estimate of drug-likeness (QED) is 0.691. The minimum absolute atomic E-state index is 0.230. The fourth-order valence-electron chi connectivity index (χ4n) is 2.93. The molecule has 0 aromatic heterocycles. The third kappa shape index (κ3) is 1.54. The van der Waals surface area contributed by atoms with Crippen LogP contribution in [-0.2, 0) is 9.53 Å². The number of hydrogen-bond acceptors (Lipinski definition) is 2. The summed E-state index contributed by atoms with van der Waals surface area (Å²) in [7, 11) is 1.78. The molecule has 1 aliphatic carbocycles. The van der Waals surface area contributed by atoms with E-state index in [4.69, 9.17) is 4.74 Å². The Morgan fingerprint density at radius 2 is 2.07 bits per heavy atom. The molecule has 1 aliphatic heterocycles. The fraction of sp³-hybridized carbons (Fsp3) is 0.909. The lowest BCUT2D eigenvalue weighted by Gasteiger charge is -2.38. The molecule has 0 aromatic carbocycles. The lowest BCUT2D eigenvalue weighted by Crippen LogP contribution is -2.38. The molecule has 3 nitrogen and oxygen atoms in total. The second-order valence-electron chi connectivity index (χ2n) is 4.76. The van der Waals surface area contributed by atoms with E-state index in [0.717, 1.165) is 32.1 Å². The van der Waals surface area contributed by atoms with Crippen LogP contribution in [0.15, 0.2) is 0 Å². The number of hydrogen-bond donors (Lipinski definition) is 1. The molecule has 1 amide bonds. The molecule has 14 heavy (non-hydrogen) atoms. The predicted molar refractivity (Wildman–Crippen MR) is 53.9 cm³/mol. The Balaban J connectivity index is 2.02. The Morgan fingerprint density at radius 3 is 2.50 bits per heavy atom. The van der Waals surface area contributed by atoms with Crippen LogP contribution in [0.5, 0.6) is 0 Å². The molecule has 1 atom stereocenters. The molecule has 0 bridgehead atoms. The summed E-state index contributed by atoms with van der Waals surface area (Å²) in [6.45, 7) is 2.14. The molecule has 2 fully saturated rings. The van der Waals surface area contributed by atoms with E-state index in [2.05, 4.69) is 12.2 Å². The SMILES string of the molecule is COC1CCC2(CC1)CC(=O)NC2C. The zero-order valence-electron chi connectivity index (χ0n) is 9.01. The van der Waals surface area contributed by atoms with Gasteiger partial charge in [0.2, 0.25) is 5.91 Å². The summed E-state index contributed by atoms with van der Waals surface area (Å²) < 4.78 is 5.35. The monoisotopic (exact) mass is 197 g/mol. The largest absolute Gasteiger partial charge is 0.381 e. The molecule has 1 unspecified atom stereocenters. The van der Waals surface area contributed by atoms with Gasteiger partial charge in [-0.05, 0) is 38.0 Å². The maximum atomic E-state index is 11.3. The summed E-state index contributed by atoms with van der Waals surface area (Å²) in [5.74, 6) is 0.230. The molecule has 3 heteroatoms. The zero-order chi connectivity index (χ0) is 10.2. The third-order valence-corrected chi connectivity index (χ3v) is 4.07. The average molecular weight is 197 g/mol. The zero-order valence-corrected chi connectivity index (χ0v) is 9.01. The average Bonchev–Trinajstić information content (AvgIpc) is 2.43. The topological polar surface area (TPSA) is 38.3 Å². The smallest absolute Gasteiger partial charge is 0.220 e. The number of carbonyl (C=O) groups is 1. The Morgan fingerprint density at radius 1 is 1.43 bits per heavy atom. The minimum atomic E-state index is 0.230. The van der Waals surface area contributed by atoms with Gasteiger partial charge in [0.1, 0.15) is 0 Å². The minimum Gasteiger partial charge on any atom is -0.381 e. The van der Waals surface area contributed by atoms with Crippen molar-refractivity contribution in [2.45, 2.75) is 51.2 Å². The van der Waals surface area contributed by atoms with Crippen molar-refractivity contribution in [1.82, 2.24) is 5.32 Å². The van der Waals surface area contributed by atoms with Crippen molar-refractivity contribution in [2.75, 3.05) is 7.11 Å². The van der Waals surface area contributed by atoms with Crippen molar-refractivity contribution in [3.05, 3.63) is 0 Å². The highest BCUT2D eigenvalue weighted by atomic mass is 16.5. The van der Waals surface area contributed by atoms with Gasteiger partial charge in [-0.2, -0.15) is 0 Å². The van der Waals surface area contributed by atoms with E-state index in [1.54, 1.807) is 7.11 Å². The first-order valence-electron chi connectivity index (χ1n) is 5.48. The highest BCUT2D eigenvalue weighted by Crippen LogP contribution is 2.45. The lowest BCUT2D eigenvalue weighted by molar-refractivity contribution is -0.120. The molecule has 0 radical (unpaired) electrons. The van der Waals surface area contributed by atoms with Gasteiger partial charge in [-0.25, -0.2) is 0 Å². The summed E-state index contributed by atoms with van der Waals surface area (Å²) in [4.78, 5) is 11.3. The molecule has 1 spiro atoms. The Hall–Kier alpha value is -0.570. The van der Waals surface area contributed by atoms with Crippen molar-refractivity contribution < 1.29 is 9.53 Å². The van der Waals surface area contributed by atoms with Crippen LogP contribution in [0.25, 0.3) is 0 Å². The first kappa shape index (κ1) is 9.97. The maximum absolute atomic E-state index is 11.3. The van der Waals surface area contributed by atoms with Crippen molar-refractivity contribution in [3.63, 3.8) is 0 Å². The van der Waals surface area contributed by atoms with Crippen LogP contribution in [0.1, 0.15) is 39.0 Å². The van der Waals surface area contributed by atoms with Gasteiger partial charge in [0, 0.05) is 19.6 Å². The van der Waals surface area contributed by atoms with E-state index in [1.807, 2.05) is 0 Å². The van der Waals surface area contributed by atoms with Gasteiger partial charge in [-0.3, -0.25) is 4.79 Å². The molecular formula is C11H19NO2. The molecule has 2 rings (SSSR count). The first-order valence-corrected chi connectivity index (χ1v) is 5.48. The normalized spacial score (nSPS) is 42.9. The number of carbonyl (C=O) groups excluding carboxylic acids is 1. The molecule has 1 saturated carbocycles. The van der Waals surface area contributed by atoms with E-state index in [1.165, 1.54) is 0 Å². The van der Waals surface area contributed by atoms with Crippen LogP contribution in [-0.4, -0.2) is 25.2 Å². The third-order valence-electron chi connectivity index (χ3n) is 4.07. The highest BCUT2D eigenvalue weighted by molar-refractivity contribution is 5.79. The van der Waals surface area contributed by atoms with Crippen molar-refractivity contribution in [3.8, 4) is 0 Å². The number of rotatable bonds is 1. The Labute approximate surface area is 85.2 Å². The molecule has 0 aromatic rings. The van der Waals surface area contributed by atoms with Gasteiger partial charge in [-0.15, -0.1) is 0 Å². The van der Waals surface area contributed by atoms with E-state index in [-0.39, 0.29) is 11.3 Å². The van der Waals surface area contributed by atoms with Crippen molar-refractivity contribution in [1.29, 1.82) is 0 Å². The van der Waals surface area contributed by atoms with E-state index in [0.29, 0.717) is 12.1 Å². The molecule has 1 N–H and O–H groups in total. The Bertz CT molecular complexity index is 231. The van der Waals surface area contributed by atoms with Crippen LogP contribution in [0.3, 0.4) is 0 Å². The second-order valence-corrected chi connectivity index (χ2v) is 4.76. The molecule has 1 saturated heterocycles. The van der Waals surface area contributed by atoms with Gasteiger partial charge in [0.05, 0.1) is 6.10 Å². The summed E-state index contributed by atoms with van der Waals surface area (Å²) in [6.07, 6.45) is 5.62. The first-order chi connectivity index (χ1) is 6.66. The van der Waals surface area contributed by atoms with Crippen LogP contribution in [0, 0.1) is 5.41 Å². The van der Waals surface area contributed by atoms with Gasteiger partial charge < -0.3 is 10.1 Å². The predicted octanol–water partition coefficient (Wildman–Crippen LogP) is 1.47. The summed E-state index contributed by atoms with van der Waals surface area (Å²) in [5, 5.41) is 3.03. The van der Waals surface area contributed by atoms with Gasteiger partial charge in [-0.1, -0.05) is 0 Å². The van der Waals surface area contributed by atoms with Gasteiger partial charge in [0.15, 0.2) is 0 Å². The van der Waals surface area contributed by atoms with Crippen LogP contribution in [0.4, 0.5) is 0 Å². The fourth-order valence-corrected chi connectivity index (χ4v) is 2.93. The Kier molecular flexibility index (Phi) is 2.52. The lowest BCUT2D eigenvalue weighted by atomic mass is 9.69. The van der Waals surface area contributed by atoms with Crippen molar-refractivity contribution in [2.24, 2.45) is 5.41 Å². The van der Waals surface area contributed by atoms with Crippen LogP contribution >= 0.6 is 0 Å². The van der Waals surface area contributed by atoms with Gasteiger partial charge in [0.25, 0.3) is 0 Å². The molecule has 80 valence electrons. The maximum Gasteiger partial charge on any atom is 0.220 e. The second kappa shape index (κ2) is 3.54.